The normalized spacial score (nSPS) is 11.0. The van der Waals surface area contributed by atoms with Crippen molar-refractivity contribution in [3.63, 3.8) is 0 Å². The van der Waals surface area contributed by atoms with E-state index in [2.05, 4.69) is 135 Å². The Bertz CT molecular complexity index is 1390. The molecule has 0 amide bonds. The van der Waals surface area contributed by atoms with Gasteiger partial charge in [0.05, 0.1) is 0 Å². The van der Waals surface area contributed by atoms with Crippen LogP contribution >= 0.6 is 0 Å². The van der Waals surface area contributed by atoms with Gasteiger partial charge in [-0.2, -0.15) is 0 Å². The van der Waals surface area contributed by atoms with Crippen molar-refractivity contribution in [1.29, 1.82) is 0 Å². The molecule has 0 aliphatic carbocycles. The molecule has 0 fully saturated rings. The van der Waals surface area contributed by atoms with Gasteiger partial charge in [0.15, 0.2) is 0 Å². The molecule has 0 N–H and O–H groups in total. The van der Waals surface area contributed by atoms with Crippen molar-refractivity contribution in [2.75, 3.05) is 0 Å². The van der Waals surface area contributed by atoms with E-state index in [0.717, 1.165) is 32.1 Å². The number of aryl methyl sites for hydroxylation is 2. The lowest BCUT2D eigenvalue weighted by Crippen LogP contribution is -1.94. The Balaban J connectivity index is 1.14. The van der Waals surface area contributed by atoms with Gasteiger partial charge in [0, 0.05) is 0 Å². The van der Waals surface area contributed by atoms with E-state index in [4.69, 9.17) is 0 Å². The topological polar surface area (TPSA) is 0 Å². The maximum absolute atomic E-state index is 2.28. The highest BCUT2D eigenvalue weighted by atomic mass is 14.1. The van der Waals surface area contributed by atoms with Crippen molar-refractivity contribution >= 4 is 0 Å². The highest BCUT2D eigenvalue weighted by molar-refractivity contribution is 5.36. The largest absolute Gasteiger partial charge is 0.0613 e. The molecule has 0 radical (unpaired) electrons. The molecule has 0 aliphatic heterocycles. The van der Waals surface area contributed by atoms with Crippen molar-refractivity contribution in [2.45, 2.75) is 46.0 Å². The SMILES string of the molecule is CCc1ccc(Cc2ccc(Cc3ccc(Cc4ccc(Cc5ccc(C)cc5)cc4)cc3)cc2)cc1. The Hall–Kier alpha value is -3.90. The summed E-state index contributed by atoms with van der Waals surface area (Å²) in [4.78, 5) is 0. The van der Waals surface area contributed by atoms with Crippen LogP contribution < -0.4 is 0 Å². The Kier molecular flexibility index (Phi) is 7.96. The third kappa shape index (κ3) is 7.08. The Morgan fingerprint density at radius 3 is 0.703 bits per heavy atom. The van der Waals surface area contributed by atoms with Crippen LogP contribution in [0, 0.1) is 6.92 Å². The van der Waals surface area contributed by atoms with E-state index in [1.165, 1.54) is 55.6 Å². The zero-order valence-corrected chi connectivity index (χ0v) is 22.1. The molecule has 5 aromatic rings. The smallest absolute Gasteiger partial charge is 0.00258 e. The van der Waals surface area contributed by atoms with Gasteiger partial charge in [0.1, 0.15) is 0 Å². The molecule has 0 bridgehead atoms. The van der Waals surface area contributed by atoms with Crippen molar-refractivity contribution in [3.8, 4) is 0 Å². The maximum Gasteiger partial charge on any atom is -0.00258 e. The summed E-state index contributed by atoms with van der Waals surface area (Å²) < 4.78 is 0. The molecule has 5 rings (SSSR count). The van der Waals surface area contributed by atoms with Gasteiger partial charge in [0.25, 0.3) is 0 Å². The minimum Gasteiger partial charge on any atom is -0.0613 e. The van der Waals surface area contributed by atoms with E-state index in [9.17, 15) is 0 Å². The first-order valence-corrected chi connectivity index (χ1v) is 13.5. The Morgan fingerprint density at radius 1 is 0.297 bits per heavy atom. The van der Waals surface area contributed by atoms with Crippen LogP contribution in [0.5, 0.6) is 0 Å². The van der Waals surface area contributed by atoms with Crippen LogP contribution in [0.15, 0.2) is 121 Å². The highest BCUT2D eigenvalue weighted by Crippen LogP contribution is 2.18. The van der Waals surface area contributed by atoms with Gasteiger partial charge in [0.2, 0.25) is 0 Å². The van der Waals surface area contributed by atoms with Crippen molar-refractivity contribution in [2.24, 2.45) is 0 Å². The van der Waals surface area contributed by atoms with E-state index < -0.39 is 0 Å². The quantitative estimate of drug-likeness (QED) is 0.197. The standard InChI is InChI=1S/C37H36/c1-3-29-8-10-31(11-9-29)25-33-16-18-35(19-17-33)27-37-22-20-36(21-23-37)26-34-14-12-32(13-15-34)24-30-6-4-28(2)5-7-30/h4-23H,3,24-27H2,1-2H3. The van der Waals surface area contributed by atoms with Crippen LogP contribution in [0.2, 0.25) is 0 Å². The second kappa shape index (κ2) is 11.9. The van der Waals surface area contributed by atoms with Crippen molar-refractivity contribution in [3.05, 3.63) is 177 Å². The van der Waals surface area contributed by atoms with E-state index in [1.807, 2.05) is 0 Å². The maximum atomic E-state index is 2.28. The molecule has 0 unspecified atom stereocenters. The van der Waals surface area contributed by atoms with Crippen LogP contribution in [-0.4, -0.2) is 0 Å². The van der Waals surface area contributed by atoms with Crippen LogP contribution in [0.25, 0.3) is 0 Å². The lowest BCUT2D eigenvalue weighted by atomic mass is 9.97. The Labute approximate surface area is 222 Å². The summed E-state index contributed by atoms with van der Waals surface area (Å²) in [5.74, 6) is 0. The zero-order valence-electron chi connectivity index (χ0n) is 22.1. The molecular weight excluding hydrogens is 444 g/mol. The number of benzene rings is 5. The molecule has 0 heterocycles. The molecule has 37 heavy (non-hydrogen) atoms. The second-order valence-electron chi connectivity index (χ2n) is 10.3. The van der Waals surface area contributed by atoms with Gasteiger partial charge >= 0.3 is 0 Å². The lowest BCUT2D eigenvalue weighted by molar-refractivity contribution is 1.11. The van der Waals surface area contributed by atoms with E-state index in [-0.39, 0.29) is 0 Å². The molecule has 0 spiro atoms. The molecule has 0 aromatic heterocycles. The molecular formula is C37H36. The summed E-state index contributed by atoms with van der Waals surface area (Å²) in [5, 5.41) is 0. The van der Waals surface area contributed by atoms with Crippen molar-refractivity contribution in [1.82, 2.24) is 0 Å². The zero-order chi connectivity index (χ0) is 25.5. The predicted molar refractivity (Wildman–Crippen MR) is 158 cm³/mol. The fourth-order valence-corrected chi connectivity index (χ4v) is 4.87. The van der Waals surface area contributed by atoms with E-state index in [1.54, 1.807) is 0 Å². The molecule has 0 saturated carbocycles. The summed E-state index contributed by atoms with van der Waals surface area (Å²) in [5.41, 5.74) is 13.6. The van der Waals surface area contributed by atoms with Crippen LogP contribution in [0.3, 0.4) is 0 Å². The third-order valence-electron chi connectivity index (χ3n) is 7.25. The minimum absolute atomic E-state index is 0.971. The molecule has 184 valence electrons. The van der Waals surface area contributed by atoms with Crippen LogP contribution in [-0.2, 0) is 32.1 Å². The average molecular weight is 481 g/mol. The minimum atomic E-state index is 0.971. The fraction of sp³-hybridized carbons (Fsp3) is 0.189. The summed E-state index contributed by atoms with van der Waals surface area (Å²) in [7, 11) is 0. The molecule has 0 nitrogen and oxygen atoms in total. The van der Waals surface area contributed by atoms with Gasteiger partial charge in [-0.25, -0.2) is 0 Å². The lowest BCUT2D eigenvalue weighted by Gasteiger charge is -2.08. The van der Waals surface area contributed by atoms with Crippen LogP contribution in [0.1, 0.15) is 62.6 Å². The van der Waals surface area contributed by atoms with E-state index >= 15 is 0 Å². The number of hydrogen-bond acceptors (Lipinski definition) is 0. The molecule has 0 heteroatoms. The van der Waals surface area contributed by atoms with E-state index in [0.29, 0.717) is 0 Å². The predicted octanol–water partition coefficient (Wildman–Crippen LogP) is 8.92. The van der Waals surface area contributed by atoms with Gasteiger partial charge in [-0.3, -0.25) is 0 Å². The van der Waals surface area contributed by atoms with Gasteiger partial charge in [-0.05, 0) is 89.1 Å². The molecule has 0 atom stereocenters. The summed E-state index contributed by atoms with van der Waals surface area (Å²) in [6.45, 7) is 4.34. The highest BCUT2D eigenvalue weighted by Gasteiger charge is 2.03. The molecule has 0 saturated heterocycles. The summed E-state index contributed by atoms with van der Waals surface area (Å²) in [6, 6.07) is 45.2. The first kappa shape index (κ1) is 24.8. The summed E-state index contributed by atoms with van der Waals surface area (Å²) >= 11 is 0. The second-order valence-corrected chi connectivity index (χ2v) is 10.3. The third-order valence-corrected chi connectivity index (χ3v) is 7.25. The van der Waals surface area contributed by atoms with Crippen LogP contribution in [0.4, 0.5) is 0 Å². The average Bonchev–Trinajstić information content (AvgIpc) is 2.94. The monoisotopic (exact) mass is 480 g/mol. The first-order chi connectivity index (χ1) is 18.1. The Morgan fingerprint density at radius 2 is 0.486 bits per heavy atom. The number of hydrogen-bond donors (Lipinski definition) is 0. The van der Waals surface area contributed by atoms with Crippen molar-refractivity contribution < 1.29 is 0 Å². The van der Waals surface area contributed by atoms with Gasteiger partial charge in [-0.1, -0.05) is 134 Å². The van der Waals surface area contributed by atoms with Gasteiger partial charge in [-0.15, -0.1) is 0 Å². The fourth-order valence-electron chi connectivity index (χ4n) is 4.87. The summed E-state index contributed by atoms with van der Waals surface area (Å²) in [6.07, 6.45) is 5.02. The number of rotatable bonds is 9. The first-order valence-electron chi connectivity index (χ1n) is 13.5. The van der Waals surface area contributed by atoms with Gasteiger partial charge < -0.3 is 0 Å². The molecule has 5 aromatic carbocycles. The molecule has 0 aliphatic rings.